The maximum Gasteiger partial charge on any atom is 0.357 e. The summed E-state index contributed by atoms with van der Waals surface area (Å²) < 4.78 is 5.17. The molecule has 136 valence electrons. The minimum absolute atomic E-state index is 0.116. The van der Waals surface area contributed by atoms with Gasteiger partial charge in [0.15, 0.2) is 6.10 Å². The van der Waals surface area contributed by atoms with Crippen molar-refractivity contribution < 1.29 is 19.1 Å². The van der Waals surface area contributed by atoms with E-state index in [1.54, 1.807) is 36.4 Å². The molecular formula is C20H22N2O4. The predicted octanol–water partition coefficient (Wildman–Crippen LogP) is 3.49. The molecule has 2 aromatic rings. The van der Waals surface area contributed by atoms with Gasteiger partial charge < -0.3 is 10.1 Å². The minimum atomic E-state index is -0.945. The molecule has 1 aromatic carbocycles. The summed E-state index contributed by atoms with van der Waals surface area (Å²) in [4.78, 5) is 40.3. The van der Waals surface area contributed by atoms with Crippen LogP contribution in [-0.4, -0.2) is 28.7 Å². The number of carbonyl (C=O) groups is 3. The van der Waals surface area contributed by atoms with E-state index in [4.69, 9.17) is 4.74 Å². The van der Waals surface area contributed by atoms with Crippen molar-refractivity contribution in [2.75, 3.05) is 5.32 Å². The van der Waals surface area contributed by atoms with Gasteiger partial charge in [0.2, 0.25) is 11.7 Å². The van der Waals surface area contributed by atoms with Crippen LogP contribution in [-0.2, 0) is 9.53 Å². The molecule has 2 rings (SSSR count). The molecular weight excluding hydrogens is 332 g/mol. The van der Waals surface area contributed by atoms with E-state index >= 15 is 0 Å². The first kappa shape index (κ1) is 19.3. The van der Waals surface area contributed by atoms with Crippen molar-refractivity contribution in [1.82, 2.24) is 4.98 Å². The predicted molar refractivity (Wildman–Crippen MR) is 98.0 cm³/mol. The topological polar surface area (TPSA) is 85.4 Å². The molecule has 0 bridgehead atoms. The second kappa shape index (κ2) is 7.91. The molecule has 0 saturated carbocycles. The zero-order valence-electron chi connectivity index (χ0n) is 15.3. The van der Waals surface area contributed by atoms with E-state index in [9.17, 15) is 14.4 Å². The largest absolute Gasteiger partial charge is 0.450 e. The van der Waals surface area contributed by atoms with Crippen LogP contribution in [0.25, 0.3) is 0 Å². The van der Waals surface area contributed by atoms with Crippen LogP contribution in [0.15, 0.2) is 48.7 Å². The Kier molecular flexibility index (Phi) is 5.87. The summed E-state index contributed by atoms with van der Waals surface area (Å²) in [6.07, 6.45) is 0.535. The fourth-order valence-corrected chi connectivity index (χ4v) is 2.03. The van der Waals surface area contributed by atoms with Crippen molar-refractivity contribution in [3.63, 3.8) is 0 Å². The summed E-state index contributed by atoms with van der Waals surface area (Å²) in [6.45, 7) is 6.96. The Bertz CT molecular complexity index is 793. The Labute approximate surface area is 152 Å². The SMILES string of the molecule is C[C@H](OC(=O)c1ccccn1)C(=O)c1ccc(NC(=O)C(C)(C)C)cc1. The first-order valence-corrected chi connectivity index (χ1v) is 8.26. The number of hydrogen-bond donors (Lipinski definition) is 1. The molecule has 0 aliphatic heterocycles. The van der Waals surface area contributed by atoms with E-state index in [0.29, 0.717) is 11.3 Å². The van der Waals surface area contributed by atoms with Gasteiger partial charge in [-0.2, -0.15) is 0 Å². The zero-order valence-corrected chi connectivity index (χ0v) is 15.3. The lowest BCUT2D eigenvalue weighted by Crippen LogP contribution is -2.27. The number of esters is 1. The second-order valence-corrected chi connectivity index (χ2v) is 6.91. The smallest absolute Gasteiger partial charge is 0.357 e. The maximum atomic E-state index is 12.4. The average Bonchev–Trinajstić information content (AvgIpc) is 2.61. The van der Waals surface area contributed by atoms with Crippen molar-refractivity contribution in [2.45, 2.75) is 33.8 Å². The minimum Gasteiger partial charge on any atom is -0.450 e. The Hall–Kier alpha value is -3.02. The quantitative estimate of drug-likeness (QED) is 0.656. The summed E-state index contributed by atoms with van der Waals surface area (Å²) >= 11 is 0. The van der Waals surface area contributed by atoms with Crippen molar-refractivity contribution in [1.29, 1.82) is 0 Å². The number of aromatic nitrogens is 1. The monoisotopic (exact) mass is 354 g/mol. The average molecular weight is 354 g/mol. The Morgan fingerprint density at radius 2 is 1.69 bits per heavy atom. The third-order valence-electron chi connectivity index (χ3n) is 3.64. The molecule has 0 spiro atoms. The number of hydrogen-bond acceptors (Lipinski definition) is 5. The van der Waals surface area contributed by atoms with Crippen molar-refractivity contribution >= 4 is 23.3 Å². The molecule has 0 saturated heterocycles. The number of ketones is 1. The van der Waals surface area contributed by atoms with Crippen LogP contribution in [0.4, 0.5) is 5.69 Å². The third-order valence-corrected chi connectivity index (χ3v) is 3.64. The van der Waals surface area contributed by atoms with Gasteiger partial charge in [-0.3, -0.25) is 9.59 Å². The second-order valence-electron chi connectivity index (χ2n) is 6.91. The number of anilines is 1. The Morgan fingerprint density at radius 3 is 2.23 bits per heavy atom. The Morgan fingerprint density at radius 1 is 1.04 bits per heavy atom. The number of carbonyl (C=O) groups excluding carboxylic acids is 3. The van der Waals surface area contributed by atoms with Gasteiger partial charge in [-0.05, 0) is 43.3 Å². The van der Waals surface area contributed by atoms with E-state index in [0.717, 1.165) is 0 Å². The molecule has 1 atom stereocenters. The van der Waals surface area contributed by atoms with Gasteiger partial charge >= 0.3 is 5.97 Å². The van der Waals surface area contributed by atoms with Gasteiger partial charge in [-0.25, -0.2) is 9.78 Å². The van der Waals surface area contributed by atoms with Crippen LogP contribution in [0, 0.1) is 5.41 Å². The fourth-order valence-electron chi connectivity index (χ4n) is 2.03. The summed E-state index contributed by atoms with van der Waals surface area (Å²) in [6, 6.07) is 11.3. The van der Waals surface area contributed by atoms with Crippen molar-refractivity contribution in [2.24, 2.45) is 5.41 Å². The number of pyridine rings is 1. The highest BCUT2D eigenvalue weighted by Crippen LogP contribution is 2.18. The van der Waals surface area contributed by atoms with Crippen molar-refractivity contribution in [3.8, 4) is 0 Å². The number of rotatable bonds is 5. The number of nitrogens with zero attached hydrogens (tertiary/aromatic N) is 1. The highest BCUT2D eigenvalue weighted by Gasteiger charge is 2.23. The summed E-state index contributed by atoms with van der Waals surface area (Å²) in [5, 5.41) is 2.79. The van der Waals surface area contributed by atoms with Gasteiger partial charge in [0.1, 0.15) is 5.69 Å². The molecule has 0 radical (unpaired) electrons. The molecule has 1 N–H and O–H groups in total. The lowest BCUT2D eigenvalue weighted by molar-refractivity contribution is -0.123. The molecule has 26 heavy (non-hydrogen) atoms. The first-order valence-electron chi connectivity index (χ1n) is 8.26. The molecule has 6 heteroatoms. The van der Waals surface area contributed by atoms with Gasteiger partial charge in [0, 0.05) is 22.9 Å². The number of benzene rings is 1. The van der Waals surface area contributed by atoms with Gasteiger partial charge in [0.05, 0.1) is 0 Å². The van der Waals surface area contributed by atoms with Gasteiger partial charge in [-0.1, -0.05) is 26.8 Å². The molecule has 0 fully saturated rings. The van der Waals surface area contributed by atoms with Crippen LogP contribution in [0.5, 0.6) is 0 Å². The Balaban J connectivity index is 2.00. The number of ether oxygens (including phenoxy) is 1. The van der Waals surface area contributed by atoms with E-state index in [1.807, 2.05) is 20.8 Å². The molecule has 1 amide bonds. The van der Waals surface area contributed by atoms with Crippen LogP contribution in [0.2, 0.25) is 0 Å². The van der Waals surface area contributed by atoms with Crippen LogP contribution in [0.1, 0.15) is 48.5 Å². The molecule has 0 aliphatic rings. The molecule has 6 nitrogen and oxygen atoms in total. The summed E-state index contributed by atoms with van der Waals surface area (Å²) in [5.41, 5.74) is 0.620. The third kappa shape index (κ3) is 4.99. The van der Waals surface area contributed by atoms with Crippen LogP contribution in [0.3, 0.4) is 0 Å². The number of Topliss-reactive ketones (excluding diaryl/α,β-unsaturated/α-hetero) is 1. The number of nitrogens with one attached hydrogen (secondary N) is 1. The van der Waals surface area contributed by atoms with Crippen molar-refractivity contribution in [3.05, 3.63) is 59.9 Å². The normalized spacial score (nSPS) is 12.2. The fraction of sp³-hybridized carbons (Fsp3) is 0.300. The maximum absolute atomic E-state index is 12.4. The first-order chi connectivity index (χ1) is 12.2. The zero-order chi connectivity index (χ0) is 19.3. The van der Waals surface area contributed by atoms with Gasteiger partial charge in [-0.15, -0.1) is 0 Å². The van der Waals surface area contributed by atoms with Crippen LogP contribution < -0.4 is 5.32 Å². The standard InChI is InChI=1S/C20H22N2O4/c1-13(26-18(24)16-7-5-6-12-21-16)17(23)14-8-10-15(11-9-14)22-19(25)20(2,3)4/h5-13H,1-4H3,(H,22,25)/t13-/m0/s1. The van der Waals surface area contributed by atoms with E-state index in [2.05, 4.69) is 10.3 Å². The number of amides is 1. The molecule has 1 heterocycles. The molecule has 0 aliphatic carbocycles. The lowest BCUT2D eigenvalue weighted by atomic mass is 9.95. The highest BCUT2D eigenvalue weighted by atomic mass is 16.5. The van der Waals surface area contributed by atoms with E-state index in [1.165, 1.54) is 19.2 Å². The van der Waals surface area contributed by atoms with E-state index in [-0.39, 0.29) is 17.4 Å². The summed E-state index contributed by atoms with van der Waals surface area (Å²) in [7, 11) is 0. The summed E-state index contributed by atoms with van der Waals surface area (Å²) in [5.74, 6) is -1.10. The van der Waals surface area contributed by atoms with Crippen LogP contribution >= 0.6 is 0 Å². The molecule has 1 aromatic heterocycles. The lowest BCUT2D eigenvalue weighted by Gasteiger charge is -2.18. The highest BCUT2D eigenvalue weighted by molar-refractivity contribution is 6.02. The van der Waals surface area contributed by atoms with Gasteiger partial charge in [0.25, 0.3) is 0 Å². The van der Waals surface area contributed by atoms with E-state index < -0.39 is 17.5 Å². The molecule has 0 unspecified atom stereocenters.